The van der Waals surface area contributed by atoms with Crippen LogP contribution in [0.5, 0.6) is 0 Å². The Morgan fingerprint density at radius 2 is 2.12 bits per heavy atom. The van der Waals surface area contributed by atoms with E-state index >= 15 is 0 Å². The van der Waals surface area contributed by atoms with Gasteiger partial charge in [0.05, 0.1) is 0 Å². The molecule has 0 fully saturated rings. The molecule has 0 aromatic carbocycles. The van der Waals surface area contributed by atoms with Crippen molar-refractivity contribution < 1.29 is 0 Å². The second-order valence-corrected chi connectivity index (χ2v) is 4.81. The van der Waals surface area contributed by atoms with Crippen molar-refractivity contribution in [3.05, 3.63) is 26.4 Å². The molecule has 0 saturated carbocycles. The molecule has 2 rings (SSSR count). The summed E-state index contributed by atoms with van der Waals surface area (Å²) in [4.78, 5) is 14.7. The lowest BCUT2D eigenvalue weighted by Gasteiger charge is -2.20. The van der Waals surface area contributed by atoms with Gasteiger partial charge in [0.1, 0.15) is 4.64 Å². The third kappa shape index (κ3) is 2.12. The van der Waals surface area contributed by atoms with Gasteiger partial charge in [0.15, 0.2) is 0 Å². The highest BCUT2D eigenvalue weighted by Gasteiger charge is 2.15. The van der Waals surface area contributed by atoms with Crippen molar-refractivity contribution in [2.75, 3.05) is 0 Å². The predicted octanol–water partition coefficient (Wildman–Crippen LogP) is 2.58. The number of nitrogens with one attached hydrogen (secondary N) is 1. The van der Waals surface area contributed by atoms with Gasteiger partial charge in [-0.1, -0.05) is 25.6 Å². The average Bonchev–Trinajstić information content (AvgIpc) is 2.29. The molecule has 0 unspecified atom stereocenters. The monoisotopic (exact) mass is 238 g/mol. The molecule has 4 heteroatoms. The maximum Gasteiger partial charge on any atom is 0.326 e. The largest absolute Gasteiger partial charge is 0.326 e. The van der Waals surface area contributed by atoms with Crippen LogP contribution in [0.3, 0.4) is 0 Å². The van der Waals surface area contributed by atoms with Gasteiger partial charge in [-0.2, -0.15) is 0 Å². The van der Waals surface area contributed by atoms with E-state index in [1.54, 1.807) is 0 Å². The van der Waals surface area contributed by atoms with Crippen LogP contribution in [0.25, 0.3) is 0 Å². The minimum Gasteiger partial charge on any atom is -0.298 e. The second kappa shape index (κ2) is 4.95. The minimum atomic E-state index is -0.0286. The van der Waals surface area contributed by atoms with Crippen molar-refractivity contribution >= 4 is 12.2 Å². The molecule has 0 aliphatic heterocycles. The molecule has 1 aliphatic rings. The van der Waals surface area contributed by atoms with Crippen LogP contribution in [0.4, 0.5) is 0 Å². The maximum atomic E-state index is 11.9. The number of hydrogen-bond donors (Lipinski definition) is 1. The Balaban J connectivity index is 2.50. The van der Waals surface area contributed by atoms with Gasteiger partial charge in [0.2, 0.25) is 0 Å². The zero-order valence-electron chi connectivity index (χ0n) is 9.71. The minimum absolute atomic E-state index is 0.0286. The van der Waals surface area contributed by atoms with Crippen LogP contribution in [0.15, 0.2) is 4.79 Å². The molecule has 0 saturated heterocycles. The summed E-state index contributed by atoms with van der Waals surface area (Å²) in [5, 5.41) is 0. The first-order valence-electron chi connectivity index (χ1n) is 6.09. The van der Waals surface area contributed by atoms with Gasteiger partial charge < -0.3 is 0 Å². The molecule has 1 aromatic heterocycles. The van der Waals surface area contributed by atoms with E-state index in [0.717, 1.165) is 32.2 Å². The Morgan fingerprint density at radius 1 is 1.38 bits per heavy atom. The Bertz CT molecular complexity index is 487. The molecule has 0 spiro atoms. The molecule has 1 N–H and O–H groups in total. The van der Waals surface area contributed by atoms with Crippen LogP contribution >= 0.6 is 12.2 Å². The van der Waals surface area contributed by atoms with E-state index in [9.17, 15) is 4.79 Å². The fourth-order valence-corrected chi connectivity index (χ4v) is 2.65. The molecule has 1 aromatic rings. The zero-order valence-corrected chi connectivity index (χ0v) is 10.5. The first-order chi connectivity index (χ1) is 7.74. The SMILES string of the molecule is CCCCn1c2c(c(=S)[nH]c1=O)CCCC2. The van der Waals surface area contributed by atoms with E-state index in [1.165, 1.54) is 24.1 Å². The summed E-state index contributed by atoms with van der Waals surface area (Å²) in [5.74, 6) is 0. The standard InChI is InChI=1S/C12H18N2OS/c1-2-3-8-14-10-7-5-4-6-9(10)11(16)13-12(14)15/h2-8H2,1H3,(H,13,15,16). The van der Waals surface area contributed by atoms with Crippen molar-refractivity contribution in [2.24, 2.45) is 0 Å². The molecule has 16 heavy (non-hydrogen) atoms. The van der Waals surface area contributed by atoms with E-state index in [2.05, 4.69) is 11.9 Å². The number of rotatable bonds is 3. The van der Waals surface area contributed by atoms with Crippen molar-refractivity contribution in [3.8, 4) is 0 Å². The van der Waals surface area contributed by atoms with Gasteiger partial charge in [0.25, 0.3) is 0 Å². The van der Waals surface area contributed by atoms with E-state index in [0.29, 0.717) is 4.64 Å². The second-order valence-electron chi connectivity index (χ2n) is 4.40. The molecule has 88 valence electrons. The Hall–Kier alpha value is -0.900. The third-order valence-electron chi connectivity index (χ3n) is 3.24. The van der Waals surface area contributed by atoms with E-state index < -0.39 is 0 Å². The molecule has 1 heterocycles. The van der Waals surface area contributed by atoms with Gasteiger partial charge in [-0.3, -0.25) is 9.55 Å². The van der Waals surface area contributed by atoms with E-state index in [-0.39, 0.29) is 5.69 Å². The Kier molecular flexibility index (Phi) is 3.59. The van der Waals surface area contributed by atoms with Crippen molar-refractivity contribution in [3.63, 3.8) is 0 Å². The molecule has 0 radical (unpaired) electrons. The molecule has 1 aliphatic carbocycles. The summed E-state index contributed by atoms with van der Waals surface area (Å²) in [6.45, 7) is 2.96. The van der Waals surface area contributed by atoms with Crippen LogP contribution in [0, 0.1) is 4.64 Å². The Labute approximate surface area is 101 Å². The predicted molar refractivity (Wildman–Crippen MR) is 67.4 cm³/mol. The summed E-state index contributed by atoms with van der Waals surface area (Å²) in [6.07, 6.45) is 6.56. The van der Waals surface area contributed by atoms with E-state index in [1.807, 2.05) is 4.57 Å². The summed E-state index contributed by atoms with van der Waals surface area (Å²) in [6, 6.07) is 0. The normalized spacial score (nSPS) is 14.8. The van der Waals surface area contributed by atoms with Crippen molar-refractivity contribution in [1.82, 2.24) is 9.55 Å². The number of fused-ring (bicyclic) bond motifs is 1. The highest BCUT2D eigenvalue weighted by molar-refractivity contribution is 7.71. The molecular weight excluding hydrogens is 220 g/mol. The first kappa shape index (κ1) is 11.6. The summed E-state index contributed by atoms with van der Waals surface area (Å²) >= 11 is 5.23. The van der Waals surface area contributed by atoms with Crippen molar-refractivity contribution in [1.29, 1.82) is 0 Å². The number of nitrogens with zero attached hydrogens (tertiary/aromatic N) is 1. The topological polar surface area (TPSA) is 37.8 Å². The molecular formula is C12H18N2OS. The van der Waals surface area contributed by atoms with E-state index in [4.69, 9.17) is 12.2 Å². The molecule has 0 amide bonds. The van der Waals surface area contributed by atoms with Crippen LogP contribution in [0.1, 0.15) is 43.9 Å². The highest BCUT2D eigenvalue weighted by atomic mass is 32.1. The quantitative estimate of drug-likeness (QED) is 0.822. The average molecular weight is 238 g/mol. The highest BCUT2D eigenvalue weighted by Crippen LogP contribution is 2.20. The lowest BCUT2D eigenvalue weighted by molar-refractivity contribution is 0.533. The fraction of sp³-hybridized carbons (Fsp3) is 0.667. The number of hydrogen-bond acceptors (Lipinski definition) is 2. The zero-order chi connectivity index (χ0) is 11.5. The Morgan fingerprint density at radius 3 is 2.88 bits per heavy atom. The number of unbranched alkanes of at least 4 members (excludes halogenated alkanes) is 1. The summed E-state index contributed by atoms with van der Waals surface area (Å²) in [5.41, 5.74) is 2.37. The number of aromatic nitrogens is 2. The van der Waals surface area contributed by atoms with Gasteiger partial charge in [-0.05, 0) is 32.1 Å². The number of H-pyrrole nitrogens is 1. The molecule has 3 nitrogen and oxygen atoms in total. The maximum absolute atomic E-state index is 11.9. The molecule has 0 bridgehead atoms. The summed E-state index contributed by atoms with van der Waals surface area (Å²) < 4.78 is 2.56. The summed E-state index contributed by atoms with van der Waals surface area (Å²) in [7, 11) is 0. The first-order valence-corrected chi connectivity index (χ1v) is 6.49. The van der Waals surface area contributed by atoms with Crippen molar-refractivity contribution in [2.45, 2.75) is 52.0 Å². The third-order valence-corrected chi connectivity index (χ3v) is 3.59. The fourth-order valence-electron chi connectivity index (χ4n) is 2.35. The van der Waals surface area contributed by atoms with Gasteiger partial charge in [-0.25, -0.2) is 4.79 Å². The molecule has 0 atom stereocenters. The number of aromatic amines is 1. The van der Waals surface area contributed by atoms with Crippen LogP contribution in [-0.2, 0) is 19.4 Å². The lowest BCUT2D eigenvalue weighted by Crippen LogP contribution is -2.29. The van der Waals surface area contributed by atoms with Crippen LogP contribution < -0.4 is 5.69 Å². The van der Waals surface area contributed by atoms with Gasteiger partial charge in [-0.15, -0.1) is 0 Å². The van der Waals surface area contributed by atoms with Gasteiger partial charge >= 0.3 is 5.69 Å². The van der Waals surface area contributed by atoms with Crippen LogP contribution in [-0.4, -0.2) is 9.55 Å². The lowest BCUT2D eigenvalue weighted by atomic mass is 9.97. The smallest absolute Gasteiger partial charge is 0.298 e. The van der Waals surface area contributed by atoms with Crippen LogP contribution in [0.2, 0.25) is 0 Å². The van der Waals surface area contributed by atoms with Gasteiger partial charge in [0, 0.05) is 17.8 Å².